The molecule has 1 nitrogen and oxygen atoms in total. The predicted octanol–water partition coefficient (Wildman–Crippen LogP) is 2.76. The molecule has 1 aliphatic rings. The number of aryl methyl sites for hydroxylation is 1. The van der Waals surface area contributed by atoms with Crippen molar-refractivity contribution in [1.29, 1.82) is 0 Å². The summed E-state index contributed by atoms with van der Waals surface area (Å²) in [6, 6.07) is 0. The van der Waals surface area contributed by atoms with Crippen LogP contribution < -0.4 is 5.32 Å². The SMILES string of the molecule is Cc1csc2c1NCC2(C)C. The lowest BCUT2D eigenvalue weighted by molar-refractivity contribution is 0.597. The van der Waals surface area contributed by atoms with Crippen molar-refractivity contribution < 1.29 is 0 Å². The fraction of sp³-hybridized carbons (Fsp3) is 0.556. The van der Waals surface area contributed by atoms with Crippen molar-refractivity contribution in [1.82, 2.24) is 0 Å². The topological polar surface area (TPSA) is 12.0 Å². The molecule has 2 heteroatoms. The van der Waals surface area contributed by atoms with Crippen LogP contribution in [-0.4, -0.2) is 6.54 Å². The van der Waals surface area contributed by atoms with E-state index in [0.717, 1.165) is 6.54 Å². The van der Waals surface area contributed by atoms with E-state index in [1.165, 1.54) is 16.1 Å². The highest BCUT2D eigenvalue weighted by Crippen LogP contribution is 2.42. The van der Waals surface area contributed by atoms with Crippen LogP contribution in [0.5, 0.6) is 0 Å². The van der Waals surface area contributed by atoms with Gasteiger partial charge in [-0.2, -0.15) is 0 Å². The van der Waals surface area contributed by atoms with Crippen molar-refractivity contribution in [2.75, 3.05) is 11.9 Å². The first-order valence-electron chi connectivity index (χ1n) is 3.94. The Morgan fingerprint density at radius 1 is 1.55 bits per heavy atom. The Labute approximate surface area is 71.4 Å². The van der Waals surface area contributed by atoms with Crippen molar-refractivity contribution in [2.45, 2.75) is 26.2 Å². The quantitative estimate of drug-likeness (QED) is 0.626. The molecule has 1 aromatic heterocycles. The molecule has 0 fully saturated rings. The van der Waals surface area contributed by atoms with E-state index in [9.17, 15) is 0 Å². The molecule has 0 radical (unpaired) electrons. The van der Waals surface area contributed by atoms with E-state index in [-0.39, 0.29) is 0 Å². The molecule has 0 amide bonds. The third-order valence-electron chi connectivity index (χ3n) is 2.30. The first-order chi connectivity index (χ1) is 5.11. The number of thiophene rings is 1. The van der Waals surface area contributed by atoms with E-state index in [0.29, 0.717) is 5.41 Å². The maximum atomic E-state index is 3.45. The molecule has 0 aromatic carbocycles. The minimum atomic E-state index is 0.355. The van der Waals surface area contributed by atoms with Gasteiger partial charge in [-0.05, 0) is 17.9 Å². The van der Waals surface area contributed by atoms with Gasteiger partial charge in [0.2, 0.25) is 0 Å². The number of anilines is 1. The molecule has 1 aromatic rings. The van der Waals surface area contributed by atoms with E-state index < -0.39 is 0 Å². The summed E-state index contributed by atoms with van der Waals surface area (Å²) in [5.74, 6) is 0. The van der Waals surface area contributed by atoms with Crippen LogP contribution in [0.3, 0.4) is 0 Å². The third kappa shape index (κ3) is 0.890. The van der Waals surface area contributed by atoms with Crippen molar-refractivity contribution in [2.24, 2.45) is 0 Å². The number of nitrogens with one attached hydrogen (secondary N) is 1. The molecular weight excluding hydrogens is 154 g/mol. The van der Waals surface area contributed by atoms with E-state index in [2.05, 4.69) is 31.5 Å². The molecule has 60 valence electrons. The molecule has 0 saturated heterocycles. The molecule has 1 N–H and O–H groups in total. The van der Waals surface area contributed by atoms with Gasteiger partial charge in [-0.15, -0.1) is 11.3 Å². The first-order valence-corrected chi connectivity index (χ1v) is 4.82. The summed E-state index contributed by atoms with van der Waals surface area (Å²) in [6.45, 7) is 7.85. The average molecular weight is 167 g/mol. The van der Waals surface area contributed by atoms with Gasteiger partial charge in [0.1, 0.15) is 0 Å². The molecule has 11 heavy (non-hydrogen) atoms. The Balaban J connectivity index is 2.57. The van der Waals surface area contributed by atoms with Crippen molar-refractivity contribution in [3.63, 3.8) is 0 Å². The minimum absolute atomic E-state index is 0.355. The zero-order valence-electron chi connectivity index (χ0n) is 7.19. The van der Waals surface area contributed by atoms with E-state index in [1.54, 1.807) is 0 Å². The van der Waals surface area contributed by atoms with Crippen molar-refractivity contribution in [3.05, 3.63) is 15.8 Å². The molecule has 0 unspecified atom stereocenters. The maximum absolute atomic E-state index is 3.45. The number of fused-ring (bicyclic) bond motifs is 1. The number of rotatable bonds is 0. The van der Waals surface area contributed by atoms with Gasteiger partial charge < -0.3 is 5.32 Å². The van der Waals surface area contributed by atoms with Crippen LogP contribution in [0.4, 0.5) is 5.69 Å². The maximum Gasteiger partial charge on any atom is 0.0517 e. The van der Waals surface area contributed by atoms with Crippen LogP contribution in [0.25, 0.3) is 0 Å². The highest BCUT2D eigenvalue weighted by atomic mass is 32.1. The van der Waals surface area contributed by atoms with Crippen molar-refractivity contribution >= 4 is 17.0 Å². The van der Waals surface area contributed by atoms with E-state index >= 15 is 0 Å². The number of hydrogen-bond donors (Lipinski definition) is 1. The Morgan fingerprint density at radius 3 is 2.91 bits per heavy atom. The number of hydrogen-bond acceptors (Lipinski definition) is 2. The second-order valence-corrected chi connectivity index (χ2v) is 4.74. The van der Waals surface area contributed by atoms with Gasteiger partial charge in [0.15, 0.2) is 0 Å². The minimum Gasteiger partial charge on any atom is -0.383 e. The summed E-state index contributed by atoms with van der Waals surface area (Å²) in [6.07, 6.45) is 0. The Morgan fingerprint density at radius 2 is 2.27 bits per heavy atom. The summed E-state index contributed by atoms with van der Waals surface area (Å²) in [4.78, 5) is 1.52. The lowest BCUT2D eigenvalue weighted by Gasteiger charge is -2.14. The van der Waals surface area contributed by atoms with Crippen LogP contribution in [0.1, 0.15) is 24.3 Å². The van der Waals surface area contributed by atoms with Crippen LogP contribution >= 0.6 is 11.3 Å². The predicted molar refractivity (Wildman–Crippen MR) is 50.6 cm³/mol. The monoisotopic (exact) mass is 167 g/mol. The summed E-state index contributed by atoms with van der Waals surface area (Å²) >= 11 is 1.88. The van der Waals surface area contributed by atoms with Crippen LogP contribution in [0, 0.1) is 6.92 Å². The molecule has 0 aliphatic carbocycles. The Bertz CT molecular complexity index is 286. The standard InChI is InChI=1S/C9H13NS/c1-6-4-11-8-7(6)10-5-9(8,2)3/h4,10H,5H2,1-3H3. The highest BCUT2D eigenvalue weighted by molar-refractivity contribution is 7.11. The largest absolute Gasteiger partial charge is 0.383 e. The molecule has 0 bridgehead atoms. The third-order valence-corrected chi connectivity index (χ3v) is 3.76. The molecule has 2 heterocycles. The van der Waals surface area contributed by atoms with Gasteiger partial charge in [-0.1, -0.05) is 13.8 Å². The summed E-state index contributed by atoms with van der Waals surface area (Å²) in [5, 5.41) is 5.68. The summed E-state index contributed by atoms with van der Waals surface area (Å²) in [5.41, 5.74) is 3.14. The second kappa shape index (κ2) is 2.01. The molecule has 1 aliphatic heterocycles. The Kier molecular flexibility index (Phi) is 1.31. The first kappa shape index (κ1) is 7.17. The molecule has 2 rings (SSSR count). The molecular formula is C9H13NS. The lowest BCUT2D eigenvalue weighted by Crippen LogP contribution is -2.18. The zero-order valence-corrected chi connectivity index (χ0v) is 8.01. The molecule has 0 spiro atoms. The molecule has 0 saturated carbocycles. The van der Waals surface area contributed by atoms with Crippen LogP contribution in [-0.2, 0) is 5.41 Å². The van der Waals surface area contributed by atoms with Gasteiger partial charge in [-0.25, -0.2) is 0 Å². The van der Waals surface area contributed by atoms with Crippen molar-refractivity contribution in [3.8, 4) is 0 Å². The summed E-state index contributed by atoms with van der Waals surface area (Å²) in [7, 11) is 0. The fourth-order valence-corrected chi connectivity index (χ4v) is 2.71. The van der Waals surface area contributed by atoms with E-state index in [4.69, 9.17) is 0 Å². The van der Waals surface area contributed by atoms with Gasteiger partial charge in [0.25, 0.3) is 0 Å². The fourth-order valence-electron chi connectivity index (χ4n) is 1.55. The second-order valence-electron chi connectivity index (χ2n) is 3.86. The van der Waals surface area contributed by atoms with Gasteiger partial charge in [-0.3, -0.25) is 0 Å². The molecule has 0 atom stereocenters. The smallest absolute Gasteiger partial charge is 0.0517 e. The van der Waals surface area contributed by atoms with Gasteiger partial charge >= 0.3 is 0 Å². The average Bonchev–Trinajstić information content (AvgIpc) is 2.39. The zero-order chi connectivity index (χ0) is 8.06. The van der Waals surface area contributed by atoms with Gasteiger partial charge in [0, 0.05) is 16.8 Å². The summed E-state index contributed by atoms with van der Waals surface area (Å²) < 4.78 is 0. The van der Waals surface area contributed by atoms with Crippen LogP contribution in [0.2, 0.25) is 0 Å². The van der Waals surface area contributed by atoms with E-state index in [1.807, 2.05) is 11.3 Å². The highest BCUT2D eigenvalue weighted by Gasteiger charge is 2.31. The lowest BCUT2D eigenvalue weighted by atomic mass is 9.94. The van der Waals surface area contributed by atoms with Crippen LogP contribution in [0.15, 0.2) is 5.38 Å². The van der Waals surface area contributed by atoms with Gasteiger partial charge in [0.05, 0.1) is 5.69 Å². The Hall–Kier alpha value is -0.500. The normalized spacial score (nSPS) is 19.5.